The number of benzene rings is 1. The van der Waals surface area contributed by atoms with E-state index in [0.717, 1.165) is 31.2 Å². The Kier molecular flexibility index (Phi) is 5.22. The van der Waals surface area contributed by atoms with Crippen LogP contribution in [0, 0.1) is 5.41 Å². The molecule has 25 heavy (non-hydrogen) atoms. The van der Waals surface area contributed by atoms with E-state index in [4.69, 9.17) is 4.42 Å². The maximum absolute atomic E-state index is 12.8. The monoisotopic (exact) mass is 340 g/mol. The van der Waals surface area contributed by atoms with E-state index in [9.17, 15) is 9.59 Å². The average molecular weight is 340 g/mol. The predicted octanol–water partition coefficient (Wildman–Crippen LogP) is 2.81. The molecule has 1 saturated carbocycles. The second kappa shape index (κ2) is 7.55. The maximum Gasteiger partial charge on any atom is 0.242 e. The number of hydrogen-bond donors (Lipinski definition) is 2. The van der Waals surface area contributed by atoms with Crippen molar-refractivity contribution >= 4 is 11.8 Å². The van der Waals surface area contributed by atoms with Gasteiger partial charge < -0.3 is 15.1 Å². The molecule has 1 unspecified atom stereocenters. The summed E-state index contributed by atoms with van der Waals surface area (Å²) in [7, 11) is 0. The Morgan fingerprint density at radius 3 is 2.52 bits per heavy atom. The van der Waals surface area contributed by atoms with Crippen molar-refractivity contribution < 1.29 is 14.0 Å². The van der Waals surface area contributed by atoms with Gasteiger partial charge in [0.2, 0.25) is 11.8 Å². The molecule has 1 atom stereocenters. The van der Waals surface area contributed by atoms with Crippen molar-refractivity contribution in [3.63, 3.8) is 0 Å². The highest BCUT2D eigenvalue weighted by Crippen LogP contribution is 2.44. The molecule has 1 aliphatic carbocycles. The second-order valence-corrected chi connectivity index (χ2v) is 6.79. The summed E-state index contributed by atoms with van der Waals surface area (Å²) in [5.41, 5.74) is 0.781. The quantitative estimate of drug-likeness (QED) is 0.814. The highest BCUT2D eigenvalue weighted by atomic mass is 16.3. The van der Waals surface area contributed by atoms with E-state index in [-0.39, 0.29) is 17.2 Å². The Hall–Kier alpha value is -2.56. The zero-order chi connectivity index (χ0) is 17.7. The minimum absolute atomic E-state index is 0.0248. The van der Waals surface area contributed by atoms with E-state index < -0.39 is 6.04 Å². The van der Waals surface area contributed by atoms with Crippen LogP contribution < -0.4 is 10.6 Å². The van der Waals surface area contributed by atoms with Crippen LogP contribution in [-0.4, -0.2) is 17.9 Å². The lowest BCUT2D eigenvalue weighted by Crippen LogP contribution is -2.53. The lowest BCUT2D eigenvalue weighted by molar-refractivity contribution is -0.139. The summed E-state index contributed by atoms with van der Waals surface area (Å²) >= 11 is 0. The van der Waals surface area contributed by atoms with E-state index in [0.29, 0.717) is 12.3 Å². The van der Waals surface area contributed by atoms with Gasteiger partial charge in [0.1, 0.15) is 11.8 Å². The van der Waals surface area contributed by atoms with Gasteiger partial charge >= 0.3 is 0 Å². The largest absolute Gasteiger partial charge is 0.467 e. The first-order valence-electron chi connectivity index (χ1n) is 8.74. The number of rotatable bonds is 7. The number of carbonyl (C=O) groups excluding carboxylic acids is 2. The van der Waals surface area contributed by atoms with Gasteiger partial charge in [-0.15, -0.1) is 0 Å². The molecular formula is C20H24N2O3. The Morgan fingerprint density at radius 1 is 1.16 bits per heavy atom. The molecule has 0 bridgehead atoms. The summed E-state index contributed by atoms with van der Waals surface area (Å²) in [6, 6.07) is 13.1. The number of amides is 2. The summed E-state index contributed by atoms with van der Waals surface area (Å²) in [5, 5.41) is 5.67. The molecule has 132 valence electrons. The lowest BCUT2D eigenvalue weighted by atomic mass is 9.64. The first-order chi connectivity index (χ1) is 12.1. The summed E-state index contributed by atoms with van der Waals surface area (Å²) in [6.45, 7) is 2.03. The van der Waals surface area contributed by atoms with Gasteiger partial charge in [0.05, 0.1) is 18.2 Å². The molecule has 0 radical (unpaired) electrons. The summed E-state index contributed by atoms with van der Waals surface area (Å²) < 4.78 is 5.19. The number of nitrogens with one attached hydrogen (secondary N) is 2. The molecule has 1 fully saturated rings. The molecule has 2 aromatic rings. The van der Waals surface area contributed by atoms with Gasteiger partial charge in [0.25, 0.3) is 0 Å². The van der Waals surface area contributed by atoms with Crippen molar-refractivity contribution in [3.05, 3.63) is 60.1 Å². The number of furan rings is 1. The third-order valence-electron chi connectivity index (χ3n) is 4.94. The molecule has 0 saturated heterocycles. The highest BCUT2D eigenvalue weighted by Gasteiger charge is 2.44. The molecule has 1 heterocycles. The average Bonchev–Trinajstić information content (AvgIpc) is 3.10. The lowest BCUT2D eigenvalue weighted by Gasteiger charge is -2.41. The van der Waals surface area contributed by atoms with Gasteiger partial charge in [-0.1, -0.05) is 36.8 Å². The van der Waals surface area contributed by atoms with Crippen LogP contribution in [0.15, 0.2) is 53.1 Å². The van der Waals surface area contributed by atoms with Crippen LogP contribution in [0.2, 0.25) is 0 Å². The fourth-order valence-electron chi connectivity index (χ4n) is 3.23. The molecule has 0 aliphatic heterocycles. The van der Waals surface area contributed by atoms with Crippen LogP contribution in [0.5, 0.6) is 0 Å². The van der Waals surface area contributed by atoms with Crippen LogP contribution in [0.25, 0.3) is 0 Å². The van der Waals surface area contributed by atoms with Crippen molar-refractivity contribution in [1.29, 1.82) is 0 Å². The fourth-order valence-corrected chi connectivity index (χ4v) is 3.23. The van der Waals surface area contributed by atoms with Crippen LogP contribution in [0.1, 0.15) is 37.5 Å². The Bertz CT molecular complexity index is 706. The first kappa shape index (κ1) is 17.3. The van der Waals surface area contributed by atoms with E-state index in [1.54, 1.807) is 25.3 Å². The SMILES string of the molecule is CC(NC(=O)C1(Cc2ccccc2)CCC1)C(=O)NCc1ccco1. The maximum atomic E-state index is 12.8. The molecular weight excluding hydrogens is 316 g/mol. The summed E-state index contributed by atoms with van der Waals surface area (Å²) in [5.74, 6) is 0.452. The zero-order valence-corrected chi connectivity index (χ0v) is 14.5. The van der Waals surface area contributed by atoms with E-state index in [1.165, 1.54) is 0 Å². The molecule has 5 nitrogen and oxygen atoms in total. The van der Waals surface area contributed by atoms with Crippen molar-refractivity contribution in [2.45, 2.75) is 45.2 Å². The Labute approximate surface area is 147 Å². The van der Waals surface area contributed by atoms with E-state index in [1.807, 2.05) is 30.3 Å². The summed E-state index contributed by atoms with van der Waals surface area (Å²) in [6.07, 6.45) is 5.08. The predicted molar refractivity (Wildman–Crippen MR) is 94.6 cm³/mol. The molecule has 5 heteroatoms. The Balaban J connectivity index is 1.55. The van der Waals surface area contributed by atoms with Gasteiger partial charge in [0, 0.05) is 0 Å². The van der Waals surface area contributed by atoms with Gasteiger partial charge in [-0.2, -0.15) is 0 Å². The van der Waals surface area contributed by atoms with Crippen LogP contribution in [-0.2, 0) is 22.6 Å². The van der Waals surface area contributed by atoms with Gasteiger partial charge in [-0.05, 0) is 43.9 Å². The molecule has 3 rings (SSSR count). The van der Waals surface area contributed by atoms with E-state index >= 15 is 0 Å². The summed E-state index contributed by atoms with van der Waals surface area (Å²) in [4.78, 5) is 25.0. The molecule has 1 aliphatic rings. The van der Waals surface area contributed by atoms with Crippen molar-refractivity contribution in [3.8, 4) is 0 Å². The van der Waals surface area contributed by atoms with Crippen molar-refractivity contribution in [2.75, 3.05) is 0 Å². The van der Waals surface area contributed by atoms with Crippen LogP contribution in [0.4, 0.5) is 0 Å². The smallest absolute Gasteiger partial charge is 0.242 e. The minimum atomic E-state index is -0.573. The molecule has 2 N–H and O–H groups in total. The molecule has 2 amide bonds. The third-order valence-corrected chi connectivity index (χ3v) is 4.94. The van der Waals surface area contributed by atoms with Gasteiger partial charge in [-0.3, -0.25) is 9.59 Å². The topological polar surface area (TPSA) is 71.3 Å². The van der Waals surface area contributed by atoms with Crippen LogP contribution >= 0.6 is 0 Å². The molecule has 1 aromatic carbocycles. The number of hydrogen-bond acceptors (Lipinski definition) is 3. The van der Waals surface area contributed by atoms with Gasteiger partial charge in [-0.25, -0.2) is 0 Å². The second-order valence-electron chi connectivity index (χ2n) is 6.79. The normalized spacial score (nSPS) is 16.5. The van der Waals surface area contributed by atoms with Gasteiger partial charge in [0.15, 0.2) is 0 Å². The number of carbonyl (C=O) groups is 2. The minimum Gasteiger partial charge on any atom is -0.467 e. The van der Waals surface area contributed by atoms with Crippen molar-refractivity contribution in [2.24, 2.45) is 5.41 Å². The molecule has 0 spiro atoms. The standard InChI is InChI=1S/C20H24N2O3/c1-15(18(23)21-14-17-9-5-12-25-17)22-19(24)20(10-6-11-20)13-16-7-3-2-4-8-16/h2-5,7-9,12,15H,6,10-11,13-14H2,1H3,(H,21,23)(H,22,24). The van der Waals surface area contributed by atoms with Crippen LogP contribution in [0.3, 0.4) is 0 Å². The zero-order valence-electron chi connectivity index (χ0n) is 14.5. The molecule has 1 aromatic heterocycles. The highest BCUT2D eigenvalue weighted by molar-refractivity contribution is 5.90. The van der Waals surface area contributed by atoms with Crippen molar-refractivity contribution in [1.82, 2.24) is 10.6 Å². The first-order valence-corrected chi connectivity index (χ1v) is 8.74. The fraction of sp³-hybridized carbons (Fsp3) is 0.400. The third kappa shape index (κ3) is 4.10. The van der Waals surface area contributed by atoms with E-state index in [2.05, 4.69) is 10.6 Å². The Morgan fingerprint density at radius 2 is 1.92 bits per heavy atom.